The first-order chi connectivity index (χ1) is 13.4. The molecule has 2 aliphatic rings. The van der Waals surface area contributed by atoms with Gasteiger partial charge in [-0.05, 0) is 25.0 Å². The molecule has 3 rings (SSSR count). The number of benzene rings is 1. The number of nitro benzene ring substituents is 1. The number of carbonyl (C=O) groups is 2. The van der Waals surface area contributed by atoms with Crippen molar-refractivity contribution in [1.29, 1.82) is 0 Å². The molecule has 0 saturated heterocycles. The molecule has 0 spiro atoms. The number of carbonyl (C=O) groups excluding carboxylic acids is 2. The SMILES string of the molecule is COCCOC(=O)C1C(C)=N[C@H]2CC=CC(=O)[C@H]2[C@@H]1c1ccc([N+](=O)[O-])cc1. The van der Waals surface area contributed by atoms with Crippen molar-refractivity contribution in [3.63, 3.8) is 0 Å². The maximum absolute atomic E-state index is 12.8. The topological polar surface area (TPSA) is 108 Å². The number of esters is 1. The van der Waals surface area contributed by atoms with E-state index in [1.54, 1.807) is 25.1 Å². The van der Waals surface area contributed by atoms with Crippen molar-refractivity contribution < 1.29 is 24.0 Å². The van der Waals surface area contributed by atoms with Crippen molar-refractivity contribution in [2.75, 3.05) is 20.3 Å². The normalized spacial score (nSPS) is 26.4. The van der Waals surface area contributed by atoms with Gasteiger partial charge in [0.1, 0.15) is 12.5 Å². The van der Waals surface area contributed by atoms with Crippen LogP contribution in [0, 0.1) is 22.0 Å². The predicted octanol–water partition coefficient (Wildman–Crippen LogP) is 2.47. The van der Waals surface area contributed by atoms with Gasteiger partial charge in [-0.1, -0.05) is 18.2 Å². The second kappa shape index (κ2) is 8.43. The maximum atomic E-state index is 12.8. The number of ketones is 1. The summed E-state index contributed by atoms with van der Waals surface area (Å²) in [6, 6.07) is 5.75. The van der Waals surface area contributed by atoms with Crippen LogP contribution in [0.4, 0.5) is 5.69 Å². The van der Waals surface area contributed by atoms with Gasteiger partial charge in [-0.2, -0.15) is 0 Å². The zero-order valence-corrected chi connectivity index (χ0v) is 15.7. The molecule has 8 nitrogen and oxygen atoms in total. The molecule has 1 aromatic rings. The third kappa shape index (κ3) is 3.87. The fourth-order valence-corrected chi connectivity index (χ4v) is 3.98. The van der Waals surface area contributed by atoms with Crippen LogP contribution < -0.4 is 0 Å². The van der Waals surface area contributed by atoms with E-state index in [9.17, 15) is 19.7 Å². The summed E-state index contributed by atoms with van der Waals surface area (Å²) in [5.74, 6) is -2.28. The highest BCUT2D eigenvalue weighted by Crippen LogP contribution is 2.43. The second-order valence-corrected chi connectivity index (χ2v) is 6.92. The number of aliphatic imine (C=N–C) groups is 1. The Morgan fingerprint density at radius 3 is 2.61 bits per heavy atom. The Morgan fingerprint density at radius 1 is 1.25 bits per heavy atom. The van der Waals surface area contributed by atoms with E-state index in [4.69, 9.17) is 9.47 Å². The van der Waals surface area contributed by atoms with E-state index in [1.165, 1.54) is 25.3 Å². The number of nitro groups is 1. The van der Waals surface area contributed by atoms with E-state index >= 15 is 0 Å². The first-order valence-electron chi connectivity index (χ1n) is 9.08. The lowest BCUT2D eigenvalue weighted by Gasteiger charge is -2.40. The van der Waals surface area contributed by atoms with Gasteiger partial charge < -0.3 is 9.47 Å². The van der Waals surface area contributed by atoms with E-state index < -0.39 is 28.6 Å². The van der Waals surface area contributed by atoms with Gasteiger partial charge in [-0.15, -0.1) is 0 Å². The molecule has 28 heavy (non-hydrogen) atoms. The number of fused-ring (bicyclic) bond motifs is 1. The molecule has 0 fully saturated rings. The van der Waals surface area contributed by atoms with Crippen molar-refractivity contribution in [2.24, 2.45) is 16.8 Å². The zero-order chi connectivity index (χ0) is 20.3. The monoisotopic (exact) mass is 386 g/mol. The summed E-state index contributed by atoms with van der Waals surface area (Å²) in [5.41, 5.74) is 1.25. The Morgan fingerprint density at radius 2 is 1.96 bits per heavy atom. The molecular weight excluding hydrogens is 364 g/mol. The smallest absolute Gasteiger partial charge is 0.315 e. The van der Waals surface area contributed by atoms with Crippen LogP contribution in [0.3, 0.4) is 0 Å². The molecule has 1 unspecified atom stereocenters. The lowest BCUT2D eigenvalue weighted by Crippen LogP contribution is -2.46. The second-order valence-electron chi connectivity index (χ2n) is 6.92. The number of nitrogens with zero attached hydrogens (tertiary/aromatic N) is 2. The van der Waals surface area contributed by atoms with E-state index in [2.05, 4.69) is 4.99 Å². The molecule has 0 radical (unpaired) electrons. The van der Waals surface area contributed by atoms with E-state index in [0.717, 1.165) is 0 Å². The van der Waals surface area contributed by atoms with Crippen molar-refractivity contribution >= 4 is 23.2 Å². The number of hydrogen-bond donors (Lipinski definition) is 0. The Balaban J connectivity index is 2.01. The van der Waals surface area contributed by atoms with Crippen molar-refractivity contribution in [3.8, 4) is 0 Å². The summed E-state index contributed by atoms with van der Waals surface area (Å²) in [6.07, 6.45) is 3.94. The highest BCUT2D eigenvalue weighted by Gasteiger charge is 2.48. The summed E-state index contributed by atoms with van der Waals surface area (Å²) < 4.78 is 10.3. The van der Waals surface area contributed by atoms with Crippen LogP contribution >= 0.6 is 0 Å². The standard InChI is InChI=1S/C20H22N2O6/c1-12-17(20(24)28-11-10-27-2)18(13-6-8-14(9-7-13)22(25)26)19-15(21-12)4-3-5-16(19)23/h3,5-9,15,17-19H,4,10-11H2,1-2H3/t15-,17?,18+,19-/m0/s1. The van der Waals surface area contributed by atoms with Gasteiger partial charge in [0, 0.05) is 30.9 Å². The van der Waals surface area contributed by atoms with Crippen LogP contribution in [0.25, 0.3) is 0 Å². The molecule has 8 heteroatoms. The molecule has 0 aromatic heterocycles. The Kier molecular flexibility index (Phi) is 5.99. The molecular formula is C20H22N2O6. The third-order valence-electron chi connectivity index (χ3n) is 5.24. The summed E-state index contributed by atoms with van der Waals surface area (Å²) in [4.78, 5) is 40.6. The minimum absolute atomic E-state index is 0.0458. The molecule has 0 bridgehead atoms. The van der Waals surface area contributed by atoms with Gasteiger partial charge in [0.05, 0.1) is 23.5 Å². The Bertz CT molecular complexity index is 830. The zero-order valence-electron chi connectivity index (χ0n) is 15.7. The molecule has 1 aliphatic carbocycles. The first-order valence-corrected chi connectivity index (χ1v) is 9.08. The van der Waals surface area contributed by atoms with Crippen LogP contribution in [-0.2, 0) is 19.1 Å². The van der Waals surface area contributed by atoms with Crippen LogP contribution in [0.5, 0.6) is 0 Å². The minimum Gasteiger partial charge on any atom is -0.463 e. The van der Waals surface area contributed by atoms with Gasteiger partial charge >= 0.3 is 5.97 Å². The molecule has 0 amide bonds. The summed E-state index contributed by atoms with van der Waals surface area (Å²) in [7, 11) is 1.51. The highest BCUT2D eigenvalue weighted by atomic mass is 16.6. The van der Waals surface area contributed by atoms with Crippen LogP contribution in [0.15, 0.2) is 41.4 Å². The number of rotatable bonds is 6. The van der Waals surface area contributed by atoms with Crippen molar-refractivity contribution in [1.82, 2.24) is 0 Å². The highest BCUT2D eigenvalue weighted by molar-refractivity contribution is 6.05. The van der Waals surface area contributed by atoms with Crippen LogP contribution in [0.2, 0.25) is 0 Å². The average molecular weight is 386 g/mol. The maximum Gasteiger partial charge on any atom is 0.315 e. The van der Waals surface area contributed by atoms with Crippen molar-refractivity contribution in [3.05, 3.63) is 52.1 Å². The van der Waals surface area contributed by atoms with Gasteiger partial charge in [0.2, 0.25) is 0 Å². The fraction of sp³-hybridized carbons (Fsp3) is 0.450. The molecule has 0 saturated carbocycles. The third-order valence-corrected chi connectivity index (χ3v) is 5.24. The van der Waals surface area contributed by atoms with Crippen LogP contribution in [-0.4, -0.2) is 48.8 Å². The lowest BCUT2D eigenvalue weighted by molar-refractivity contribution is -0.384. The molecule has 1 heterocycles. The predicted molar refractivity (Wildman–Crippen MR) is 101 cm³/mol. The number of non-ortho nitro benzene ring substituents is 1. The van der Waals surface area contributed by atoms with E-state index in [1.807, 2.05) is 0 Å². The van der Waals surface area contributed by atoms with E-state index in [-0.39, 0.29) is 30.7 Å². The number of hydrogen-bond acceptors (Lipinski definition) is 7. The van der Waals surface area contributed by atoms with Crippen LogP contribution in [0.1, 0.15) is 24.8 Å². The van der Waals surface area contributed by atoms with E-state index in [0.29, 0.717) is 17.7 Å². The molecule has 0 N–H and O–H groups in total. The van der Waals surface area contributed by atoms with Gasteiger partial charge in [0.15, 0.2) is 5.78 Å². The summed E-state index contributed by atoms with van der Waals surface area (Å²) in [5, 5.41) is 11.0. The van der Waals surface area contributed by atoms with Gasteiger partial charge in [-0.25, -0.2) is 0 Å². The average Bonchev–Trinajstić information content (AvgIpc) is 2.67. The fourth-order valence-electron chi connectivity index (χ4n) is 3.98. The first kappa shape index (κ1) is 19.9. The molecule has 1 aliphatic heterocycles. The van der Waals surface area contributed by atoms with Gasteiger partial charge in [-0.3, -0.25) is 24.7 Å². The molecule has 1 aromatic carbocycles. The quantitative estimate of drug-likeness (QED) is 0.322. The number of allylic oxidation sites excluding steroid dienone is 1. The minimum atomic E-state index is -0.727. The lowest BCUT2D eigenvalue weighted by atomic mass is 9.66. The molecule has 4 atom stereocenters. The van der Waals surface area contributed by atoms with Gasteiger partial charge in [0.25, 0.3) is 5.69 Å². The van der Waals surface area contributed by atoms with Crippen molar-refractivity contribution in [2.45, 2.75) is 25.3 Å². The summed E-state index contributed by atoms with van der Waals surface area (Å²) >= 11 is 0. The summed E-state index contributed by atoms with van der Waals surface area (Å²) in [6.45, 7) is 2.14. The largest absolute Gasteiger partial charge is 0.463 e. The number of methoxy groups -OCH3 is 1. The Labute approximate surface area is 162 Å². The Hall–Kier alpha value is -2.87. The number of ether oxygens (including phenoxy) is 2. The molecule has 148 valence electrons.